The topological polar surface area (TPSA) is 72.2 Å². The molecule has 1 fully saturated rings. The molecule has 4 nitrogen and oxygen atoms in total. The Labute approximate surface area is 240 Å². The van der Waals surface area contributed by atoms with Crippen molar-refractivity contribution < 1.29 is 22.8 Å². The fraction of sp³-hybridized carbons (Fsp3) is 0.562. The van der Waals surface area contributed by atoms with Gasteiger partial charge in [0.05, 0.1) is 16.3 Å². The lowest BCUT2D eigenvalue weighted by Gasteiger charge is -2.30. The molecule has 0 saturated heterocycles. The first kappa shape index (κ1) is 30.4. The number of anilines is 2. The normalized spacial score (nSPS) is 21.9. The van der Waals surface area contributed by atoms with Crippen LogP contribution in [0.15, 0.2) is 36.4 Å². The molecule has 3 N–H and O–H groups in total. The highest BCUT2D eigenvalue weighted by Gasteiger charge is 2.34. The largest absolute Gasteiger partial charge is 0.418 e. The molecule has 1 aliphatic heterocycles. The van der Waals surface area contributed by atoms with Crippen molar-refractivity contribution in [2.45, 2.75) is 90.1 Å². The number of amides is 1. The fourth-order valence-electron chi connectivity index (χ4n) is 6.48. The van der Waals surface area contributed by atoms with Gasteiger partial charge in [0, 0.05) is 17.5 Å². The molecule has 2 aliphatic rings. The summed E-state index contributed by atoms with van der Waals surface area (Å²) in [7, 11) is 0. The summed E-state index contributed by atoms with van der Waals surface area (Å²) in [5.74, 6) is 1.22. The molecular weight excluding hydrogens is 537 g/mol. The van der Waals surface area contributed by atoms with E-state index in [-0.39, 0.29) is 35.0 Å². The molecule has 0 spiro atoms. The minimum atomic E-state index is -4.59. The number of unbranched alkanes of at least 4 members (excludes halogenated alkanes) is 1. The molecule has 1 saturated carbocycles. The average Bonchev–Trinajstić information content (AvgIpc) is 2.91. The van der Waals surface area contributed by atoms with Gasteiger partial charge in [-0.3, -0.25) is 9.59 Å². The number of rotatable bonds is 11. The van der Waals surface area contributed by atoms with Crippen LogP contribution < -0.4 is 11.1 Å². The molecule has 8 heteroatoms. The van der Waals surface area contributed by atoms with Gasteiger partial charge < -0.3 is 11.1 Å². The predicted octanol–water partition coefficient (Wildman–Crippen LogP) is 8.65. The number of ketones is 1. The molecule has 2 aromatic rings. The van der Waals surface area contributed by atoms with Crippen LogP contribution in [0.25, 0.3) is 0 Å². The van der Waals surface area contributed by atoms with Crippen molar-refractivity contribution in [3.63, 3.8) is 0 Å². The Kier molecular flexibility index (Phi) is 10.2. The second-order valence-electron chi connectivity index (χ2n) is 11.8. The van der Waals surface area contributed by atoms with Crippen LogP contribution in [0.3, 0.4) is 0 Å². The zero-order valence-corrected chi connectivity index (χ0v) is 23.9. The minimum Gasteiger partial charge on any atom is -0.397 e. The van der Waals surface area contributed by atoms with Gasteiger partial charge in [0.15, 0.2) is 0 Å². The van der Waals surface area contributed by atoms with Crippen molar-refractivity contribution in [3.05, 3.63) is 58.1 Å². The van der Waals surface area contributed by atoms with Crippen LogP contribution in [-0.4, -0.2) is 11.7 Å². The minimum absolute atomic E-state index is 0.0165. The number of nitrogen functional groups attached to an aromatic ring is 1. The first-order valence-electron chi connectivity index (χ1n) is 14.6. The SMILES string of the molecule is CC(=O)[C@H](CCCCC1CCC(CCC2Cc3ccccc3NC2=O)CC1)Cc1cc(Cl)c(N)c(C(F)(F)F)c1. The molecule has 2 atom stereocenters. The van der Waals surface area contributed by atoms with Gasteiger partial charge in [-0.15, -0.1) is 0 Å². The maximum Gasteiger partial charge on any atom is 0.418 e. The van der Waals surface area contributed by atoms with Crippen molar-refractivity contribution in [1.82, 2.24) is 0 Å². The molecule has 0 radical (unpaired) electrons. The second-order valence-corrected chi connectivity index (χ2v) is 12.3. The van der Waals surface area contributed by atoms with Crippen LogP contribution in [0, 0.1) is 23.7 Å². The molecule has 4 rings (SSSR count). The Morgan fingerprint density at radius 2 is 1.73 bits per heavy atom. The van der Waals surface area contributed by atoms with E-state index in [1.165, 1.54) is 44.2 Å². The molecule has 1 heterocycles. The van der Waals surface area contributed by atoms with Gasteiger partial charge in [-0.2, -0.15) is 13.2 Å². The summed E-state index contributed by atoms with van der Waals surface area (Å²) >= 11 is 5.97. The Morgan fingerprint density at radius 3 is 2.40 bits per heavy atom. The summed E-state index contributed by atoms with van der Waals surface area (Å²) in [5.41, 5.74) is 6.69. The van der Waals surface area contributed by atoms with E-state index in [0.717, 1.165) is 50.3 Å². The van der Waals surface area contributed by atoms with E-state index in [1.807, 2.05) is 18.2 Å². The van der Waals surface area contributed by atoms with Crippen LogP contribution in [0.4, 0.5) is 24.5 Å². The lowest BCUT2D eigenvalue weighted by atomic mass is 9.76. The number of para-hydroxylation sites is 1. The number of nitrogens with two attached hydrogens (primary N) is 1. The maximum absolute atomic E-state index is 13.3. The summed E-state index contributed by atoms with van der Waals surface area (Å²) in [6, 6.07) is 10.5. The summed E-state index contributed by atoms with van der Waals surface area (Å²) in [6.07, 6.45) is 6.95. The molecule has 1 aliphatic carbocycles. The zero-order chi connectivity index (χ0) is 28.9. The van der Waals surface area contributed by atoms with Crippen LogP contribution in [-0.2, 0) is 28.6 Å². The summed E-state index contributed by atoms with van der Waals surface area (Å²) in [6.45, 7) is 1.51. The molecule has 1 unspecified atom stereocenters. The number of hydrogen-bond donors (Lipinski definition) is 2. The standard InChI is InChI=1S/C32H40ClF3N2O2/c1-20(39)24(16-23-17-27(32(34,35)36)30(37)28(33)18-23)7-3-2-6-21-10-12-22(13-11-21)14-15-26-19-25-8-4-5-9-29(25)38-31(26)40/h4-5,8-9,17-18,21-22,24,26H,2-3,6-7,10-16,19,37H2,1H3,(H,38,40)/t21?,22?,24-,26?/m1/s1. The van der Waals surface area contributed by atoms with Gasteiger partial charge >= 0.3 is 6.18 Å². The third-order valence-corrected chi connectivity index (χ3v) is 9.28. The first-order valence-corrected chi connectivity index (χ1v) is 14.9. The number of carbonyl (C=O) groups is 2. The summed E-state index contributed by atoms with van der Waals surface area (Å²) in [5, 5.41) is 2.93. The van der Waals surface area contributed by atoms with Gasteiger partial charge in [0.25, 0.3) is 0 Å². The van der Waals surface area contributed by atoms with Crippen molar-refractivity contribution >= 4 is 34.7 Å². The Balaban J connectivity index is 1.16. The highest BCUT2D eigenvalue weighted by molar-refractivity contribution is 6.33. The van der Waals surface area contributed by atoms with Gasteiger partial charge in [-0.05, 0) is 80.2 Å². The van der Waals surface area contributed by atoms with Crippen molar-refractivity contribution in [2.75, 3.05) is 11.1 Å². The number of fused-ring (bicyclic) bond motifs is 1. The number of halogens is 4. The molecule has 0 bridgehead atoms. The lowest BCUT2D eigenvalue weighted by Crippen LogP contribution is -2.30. The van der Waals surface area contributed by atoms with Gasteiger partial charge in [0.2, 0.25) is 5.91 Å². The van der Waals surface area contributed by atoms with Gasteiger partial charge in [-0.1, -0.05) is 74.7 Å². The van der Waals surface area contributed by atoms with E-state index in [0.29, 0.717) is 23.8 Å². The number of alkyl halides is 3. The van der Waals surface area contributed by atoms with Crippen LogP contribution >= 0.6 is 11.6 Å². The zero-order valence-electron chi connectivity index (χ0n) is 23.2. The molecule has 2 aromatic carbocycles. The van der Waals surface area contributed by atoms with Crippen LogP contribution in [0.2, 0.25) is 5.02 Å². The van der Waals surface area contributed by atoms with Crippen LogP contribution in [0.1, 0.15) is 87.8 Å². The van der Waals surface area contributed by atoms with E-state index in [1.54, 1.807) is 0 Å². The number of benzene rings is 2. The van der Waals surface area contributed by atoms with E-state index in [2.05, 4.69) is 11.4 Å². The average molecular weight is 577 g/mol. The third kappa shape index (κ3) is 8.02. The quantitative estimate of drug-likeness (QED) is 0.208. The maximum atomic E-state index is 13.3. The highest BCUT2D eigenvalue weighted by Crippen LogP contribution is 2.39. The molecular formula is C32H40ClF3N2O2. The molecule has 40 heavy (non-hydrogen) atoms. The predicted molar refractivity (Wildman–Crippen MR) is 154 cm³/mol. The van der Waals surface area contributed by atoms with E-state index in [9.17, 15) is 22.8 Å². The first-order chi connectivity index (χ1) is 19.0. The lowest BCUT2D eigenvalue weighted by molar-refractivity contribution is -0.137. The van der Waals surface area contributed by atoms with Crippen LogP contribution in [0.5, 0.6) is 0 Å². The smallest absolute Gasteiger partial charge is 0.397 e. The van der Waals surface area contributed by atoms with Gasteiger partial charge in [-0.25, -0.2) is 0 Å². The Hall–Kier alpha value is -2.54. The second kappa shape index (κ2) is 13.4. The van der Waals surface area contributed by atoms with Crippen molar-refractivity contribution in [1.29, 1.82) is 0 Å². The number of carbonyl (C=O) groups excluding carboxylic acids is 2. The molecule has 1 amide bonds. The summed E-state index contributed by atoms with van der Waals surface area (Å²) < 4.78 is 40.0. The Morgan fingerprint density at radius 1 is 1.05 bits per heavy atom. The monoisotopic (exact) mass is 576 g/mol. The van der Waals surface area contributed by atoms with E-state index in [4.69, 9.17) is 17.3 Å². The molecule has 0 aromatic heterocycles. The number of hydrogen-bond acceptors (Lipinski definition) is 3. The number of Topliss-reactive ketones (excluding diaryl/α,β-unsaturated/α-hetero) is 1. The summed E-state index contributed by atoms with van der Waals surface area (Å²) in [4.78, 5) is 24.8. The fourth-order valence-corrected chi connectivity index (χ4v) is 6.72. The highest BCUT2D eigenvalue weighted by atomic mass is 35.5. The third-order valence-electron chi connectivity index (χ3n) is 8.97. The van der Waals surface area contributed by atoms with Gasteiger partial charge in [0.1, 0.15) is 5.78 Å². The Bertz CT molecular complexity index is 1190. The van der Waals surface area contributed by atoms with Crippen molar-refractivity contribution in [2.24, 2.45) is 23.7 Å². The number of nitrogens with one attached hydrogen (secondary N) is 1. The van der Waals surface area contributed by atoms with E-state index < -0.39 is 17.4 Å². The van der Waals surface area contributed by atoms with Crippen molar-refractivity contribution in [3.8, 4) is 0 Å². The van der Waals surface area contributed by atoms with E-state index >= 15 is 0 Å². The molecule has 218 valence electrons.